The highest BCUT2D eigenvalue weighted by molar-refractivity contribution is 6.04. The SMILES string of the molecule is C[C@@H](NC(=O)C[C@@H]1C[C@@H]2c3cc(NC(=O)c4ccc5c(c4)OCO5)ccc3O[C@@H]2[C@H](CO)O1)c1ccccc1. The number of nitrogens with one attached hydrogen (secondary N) is 2. The predicted molar refractivity (Wildman–Crippen MR) is 142 cm³/mol. The lowest BCUT2D eigenvalue weighted by molar-refractivity contribution is -0.142. The number of aliphatic hydroxyl groups is 1. The number of rotatable bonds is 7. The summed E-state index contributed by atoms with van der Waals surface area (Å²) in [6, 6.07) is 20.2. The van der Waals surface area contributed by atoms with E-state index in [4.69, 9.17) is 18.9 Å². The van der Waals surface area contributed by atoms with E-state index in [-0.39, 0.29) is 55.8 Å². The molecule has 3 aliphatic rings. The highest BCUT2D eigenvalue weighted by Crippen LogP contribution is 2.47. The maximum atomic E-state index is 12.9. The van der Waals surface area contributed by atoms with Crippen LogP contribution in [-0.2, 0) is 9.53 Å². The Balaban J connectivity index is 1.14. The zero-order chi connectivity index (χ0) is 26.9. The summed E-state index contributed by atoms with van der Waals surface area (Å²) < 4.78 is 23.0. The minimum atomic E-state index is -0.563. The van der Waals surface area contributed by atoms with Crippen LogP contribution in [0.2, 0.25) is 0 Å². The normalized spacial score (nSPS) is 23.2. The first-order chi connectivity index (χ1) is 19.0. The minimum absolute atomic E-state index is 0.0855. The Morgan fingerprint density at radius 1 is 1.00 bits per heavy atom. The Morgan fingerprint density at radius 2 is 1.79 bits per heavy atom. The molecule has 0 saturated carbocycles. The van der Waals surface area contributed by atoms with Crippen molar-refractivity contribution in [2.75, 3.05) is 18.7 Å². The Morgan fingerprint density at radius 3 is 2.62 bits per heavy atom. The van der Waals surface area contributed by atoms with Crippen molar-refractivity contribution < 1.29 is 33.6 Å². The molecule has 9 heteroatoms. The third kappa shape index (κ3) is 5.15. The van der Waals surface area contributed by atoms with E-state index in [2.05, 4.69) is 10.6 Å². The van der Waals surface area contributed by atoms with Crippen molar-refractivity contribution >= 4 is 17.5 Å². The molecule has 3 heterocycles. The summed E-state index contributed by atoms with van der Waals surface area (Å²) >= 11 is 0. The van der Waals surface area contributed by atoms with Gasteiger partial charge in [-0.1, -0.05) is 30.3 Å². The van der Waals surface area contributed by atoms with Gasteiger partial charge in [0.2, 0.25) is 12.7 Å². The van der Waals surface area contributed by atoms with Gasteiger partial charge in [0, 0.05) is 22.7 Å². The van der Waals surface area contributed by atoms with Gasteiger partial charge in [-0.25, -0.2) is 0 Å². The van der Waals surface area contributed by atoms with Gasteiger partial charge >= 0.3 is 0 Å². The van der Waals surface area contributed by atoms with Gasteiger partial charge in [0.25, 0.3) is 5.91 Å². The summed E-state index contributed by atoms with van der Waals surface area (Å²) in [4.78, 5) is 25.8. The zero-order valence-electron chi connectivity index (χ0n) is 21.5. The van der Waals surface area contributed by atoms with Gasteiger partial charge in [-0.05, 0) is 55.3 Å². The highest BCUT2D eigenvalue weighted by atomic mass is 16.7. The highest BCUT2D eigenvalue weighted by Gasteiger charge is 2.46. The first-order valence-electron chi connectivity index (χ1n) is 13.1. The van der Waals surface area contributed by atoms with E-state index in [1.807, 2.05) is 49.4 Å². The fourth-order valence-corrected chi connectivity index (χ4v) is 5.54. The van der Waals surface area contributed by atoms with Gasteiger partial charge in [0.15, 0.2) is 11.5 Å². The molecule has 9 nitrogen and oxygen atoms in total. The fourth-order valence-electron chi connectivity index (χ4n) is 5.54. The molecule has 6 rings (SSSR count). The van der Waals surface area contributed by atoms with E-state index < -0.39 is 6.10 Å². The number of ether oxygens (including phenoxy) is 4. The molecule has 3 aromatic rings. The molecule has 3 N–H and O–H groups in total. The summed E-state index contributed by atoms with van der Waals surface area (Å²) in [5.41, 5.74) is 3.03. The lowest BCUT2D eigenvalue weighted by atomic mass is 9.84. The van der Waals surface area contributed by atoms with Gasteiger partial charge in [-0.3, -0.25) is 9.59 Å². The summed E-state index contributed by atoms with van der Waals surface area (Å²) in [6.45, 7) is 1.87. The number of anilines is 1. The second-order valence-corrected chi connectivity index (χ2v) is 10.1. The van der Waals surface area contributed by atoms with Crippen LogP contribution >= 0.6 is 0 Å². The van der Waals surface area contributed by atoms with Crippen LogP contribution in [0.15, 0.2) is 66.7 Å². The van der Waals surface area contributed by atoms with E-state index in [1.54, 1.807) is 24.3 Å². The van der Waals surface area contributed by atoms with Crippen LogP contribution in [0.25, 0.3) is 0 Å². The number of amides is 2. The Hall–Kier alpha value is -4.08. The van der Waals surface area contributed by atoms with Crippen LogP contribution in [0, 0.1) is 0 Å². The first-order valence-corrected chi connectivity index (χ1v) is 13.1. The smallest absolute Gasteiger partial charge is 0.255 e. The number of benzene rings is 3. The average molecular weight is 531 g/mol. The van der Waals surface area contributed by atoms with E-state index in [1.165, 1.54) is 0 Å². The molecule has 3 aromatic carbocycles. The number of hydrogen-bond donors (Lipinski definition) is 3. The van der Waals surface area contributed by atoms with Crippen LogP contribution in [-0.4, -0.2) is 48.6 Å². The van der Waals surface area contributed by atoms with Crippen molar-refractivity contribution in [2.45, 2.75) is 50.0 Å². The molecular weight excluding hydrogens is 500 g/mol. The van der Waals surface area contributed by atoms with Gasteiger partial charge < -0.3 is 34.7 Å². The first kappa shape index (κ1) is 25.2. The summed E-state index contributed by atoms with van der Waals surface area (Å²) in [6.07, 6.45) is -0.583. The minimum Gasteiger partial charge on any atom is -0.487 e. The van der Waals surface area contributed by atoms with Crippen LogP contribution in [0.4, 0.5) is 5.69 Å². The molecule has 0 bridgehead atoms. The standard InChI is InChI=1S/C30H30N2O7/c1-17(18-5-3-2-4-6-18)31-28(34)14-21-13-23-22-12-20(8-10-24(22)39-29(23)27(15-33)38-21)32-30(35)19-7-9-25-26(11-19)37-16-36-25/h2-12,17,21,23,27,29,33H,13-16H2,1H3,(H,31,34)(H,32,35)/t17-,21+,23-,27+,29+/m1/s1. The molecule has 1 saturated heterocycles. The third-order valence-electron chi connectivity index (χ3n) is 7.48. The van der Waals surface area contributed by atoms with Crippen LogP contribution in [0.3, 0.4) is 0 Å². The fraction of sp³-hybridized carbons (Fsp3) is 0.333. The van der Waals surface area contributed by atoms with Crippen LogP contribution < -0.4 is 24.8 Å². The van der Waals surface area contributed by atoms with Crippen molar-refractivity contribution in [2.24, 2.45) is 0 Å². The Bertz CT molecular complexity index is 1380. The maximum Gasteiger partial charge on any atom is 0.255 e. The van der Waals surface area contributed by atoms with E-state index in [9.17, 15) is 14.7 Å². The summed E-state index contributed by atoms with van der Waals surface area (Å²) in [7, 11) is 0. The molecular formula is C30H30N2O7. The second kappa shape index (κ2) is 10.6. The number of carbonyl (C=O) groups excluding carboxylic acids is 2. The molecule has 0 aliphatic carbocycles. The largest absolute Gasteiger partial charge is 0.487 e. The third-order valence-corrected chi connectivity index (χ3v) is 7.48. The summed E-state index contributed by atoms with van der Waals surface area (Å²) in [5, 5.41) is 16.0. The molecule has 202 valence electrons. The van der Waals surface area contributed by atoms with E-state index in [0.29, 0.717) is 34.9 Å². The van der Waals surface area contributed by atoms with Gasteiger partial charge in [0.1, 0.15) is 18.0 Å². The monoisotopic (exact) mass is 530 g/mol. The van der Waals surface area contributed by atoms with Crippen molar-refractivity contribution in [3.05, 3.63) is 83.4 Å². The van der Waals surface area contributed by atoms with Crippen LogP contribution in [0.1, 0.15) is 53.2 Å². The molecule has 0 spiro atoms. The summed E-state index contributed by atoms with van der Waals surface area (Å²) in [5.74, 6) is 1.37. The predicted octanol–water partition coefficient (Wildman–Crippen LogP) is 3.93. The van der Waals surface area contributed by atoms with Crippen molar-refractivity contribution in [1.29, 1.82) is 0 Å². The molecule has 0 unspecified atom stereocenters. The second-order valence-electron chi connectivity index (χ2n) is 10.1. The lowest BCUT2D eigenvalue weighted by Gasteiger charge is -2.37. The lowest BCUT2D eigenvalue weighted by Crippen LogP contribution is -2.47. The maximum absolute atomic E-state index is 12.9. The molecule has 0 aromatic heterocycles. The molecule has 5 atom stereocenters. The van der Waals surface area contributed by atoms with Crippen molar-refractivity contribution in [3.8, 4) is 17.2 Å². The van der Waals surface area contributed by atoms with Crippen LogP contribution in [0.5, 0.6) is 17.2 Å². The average Bonchev–Trinajstić information content (AvgIpc) is 3.57. The molecule has 2 amide bonds. The van der Waals surface area contributed by atoms with Gasteiger partial charge in [-0.15, -0.1) is 0 Å². The number of fused-ring (bicyclic) bond motifs is 4. The molecule has 3 aliphatic heterocycles. The molecule has 39 heavy (non-hydrogen) atoms. The molecule has 0 radical (unpaired) electrons. The van der Waals surface area contributed by atoms with Crippen molar-refractivity contribution in [3.63, 3.8) is 0 Å². The number of carbonyl (C=O) groups is 2. The van der Waals surface area contributed by atoms with E-state index in [0.717, 1.165) is 11.1 Å². The number of hydrogen-bond acceptors (Lipinski definition) is 7. The molecule has 1 fully saturated rings. The van der Waals surface area contributed by atoms with Gasteiger partial charge in [-0.2, -0.15) is 0 Å². The quantitative estimate of drug-likeness (QED) is 0.424. The Kier molecular flexibility index (Phi) is 6.85. The zero-order valence-corrected chi connectivity index (χ0v) is 21.5. The van der Waals surface area contributed by atoms with E-state index >= 15 is 0 Å². The van der Waals surface area contributed by atoms with Gasteiger partial charge in [0.05, 0.1) is 25.2 Å². The number of aliphatic hydroxyl groups excluding tert-OH is 1. The Labute approximate surface area is 226 Å². The topological polar surface area (TPSA) is 115 Å². The van der Waals surface area contributed by atoms with Crippen molar-refractivity contribution in [1.82, 2.24) is 5.32 Å².